The molecule has 1 atom stereocenters. The second-order valence-electron chi connectivity index (χ2n) is 4.06. The van der Waals surface area contributed by atoms with Crippen LogP contribution in [0.2, 0.25) is 0 Å². The summed E-state index contributed by atoms with van der Waals surface area (Å²) in [4.78, 5) is 0. The third-order valence-corrected chi connectivity index (χ3v) is 3.40. The lowest BCUT2D eigenvalue weighted by Crippen LogP contribution is -2.15. The highest BCUT2D eigenvalue weighted by Gasteiger charge is 2.01. The summed E-state index contributed by atoms with van der Waals surface area (Å²) < 4.78 is 5.59. The Morgan fingerprint density at radius 2 is 2.15 bits per heavy atom. The molecular formula is C15H20O4S. The van der Waals surface area contributed by atoms with E-state index in [4.69, 9.17) is 20.1 Å². The SMILES string of the molecule is OCCC#Cc1cccc(OCCSCC(O)CO)c1. The van der Waals surface area contributed by atoms with Crippen LogP contribution in [0.5, 0.6) is 5.75 Å². The van der Waals surface area contributed by atoms with Crippen molar-refractivity contribution < 1.29 is 20.1 Å². The van der Waals surface area contributed by atoms with E-state index in [-0.39, 0.29) is 13.2 Å². The van der Waals surface area contributed by atoms with E-state index in [1.807, 2.05) is 24.3 Å². The van der Waals surface area contributed by atoms with Gasteiger partial charge in [0.25, 0.3) is 0 Å². The van der Waals surface area contributed by atoms with Gasteiger partial charge in [0.2, 0.25) is 0 Å². The Labute approximate surface area is 123 Å². The Morgan fingerprint density at radius 3 is 2.90 bits per heavy atom. The van der Waals surface area contributed by atoms with Crippen LogP contribution in [-0.4, -0.2) is 52.7 Å². The average Bonchev–Trinajstić information content (AvgIpc) is 2.47. The Bertz CT molecular complexity index is 439. The molecule has 0 heterocycles. The summed E-state index contributed by atoms with van der Waals surface area (Å²) in [6, 6.07) is 7.49. The van der Waals surface area contributed by atoms with Gasteiger partial charge in [-0.05, 0) is 18.2 Å². The maximum atomic E-state index is 9.17. The van der Waals surface area contributed by atoms with Crippen LogP contribution in [0.25, 0.3) is 0 Å². The fourth-order valence-corrected chi connectivity index (χ4v) is 2.12. The normalized spacial score (nSPS) is 11.6. The number of aliphatic hydroxyl groups excluding tert-OH is 3. The lowest BCUT2D eigenvalue weighted by atomic mass is 10.2. The third kappa shape index (κ3) is 7.41. The summed E-state index contributed by atoms with van der Waals surface area (Å²) in [7, 11) is 0. The number of ether oxygens (including phenoxy) is 1. The number of hydrogen-bond donors (Lipinski definition) is 3. The lowest BCUT2D eigenvalue weighted by Gasteiger charge is -2.08. The minimum atomic E-state index is -0.662. The van der Waals surface area contributed by atoms with Gasteiger partial charge in [-0.3, -0.25) is 0 Å². The first-order valence-electron chi connectivity index (χ1n) is 6.45. The van der Waals surface area contributed by atoms with Crippen molar-refractivity contribution in [3.05, 3.63) is 29.8 Å². The molecule has 0 aliphatic rings. The number of thioether (sulfide) groups is 1. The molecule has 20 heavy (non-hydrogen) atoms. The first-order chi connectivity index (χ1) is 9.76. The molecule has 0 fully saturated rings. The van der Waals surface area contributed by atoms with E-state index in [2.05, 4.69) is 11.8 Å². The molecule has 0 aromatic heterocycles. The van der Waals surface area contributed by atoms with Crippen molar-refractivity contribution in [1.29, 1.82) is 0 Å². The molecule has 110 valence electrons. The molecule has 1 rings (SSSR count). The maximum absolute atomic E-state index is 9.17. The highest BCUT2D eigenvalue weighted by Crippen LogP contribution is 2.13. The van der Waals surface area contributed by atoms with E-state index in [1.165, 1.54) is 11.8 Å². The molecule has 0 radical (unpaired) electrons. The Balaban J connectivity index is 2.30. The molecule has 0 saturated carbocycles. The van der Waals surface area contributed by atoms with Crippen LogP contribution in [0.1, 0.15) is 12.0 Å². The largest absolute Gasteiger partial charge is 0.493 e. The van der Waals surface area contributed by atoms with Gasteiger partial charge < -0.3 is 20.1 Å². The van der Waals surface area contributed by atoms with Crippen LogP contribution < -0.4 is 4.74 Å². The zero-order valence-corrected chi connectivity index (χ0v) is 12.1. The predicted octanol–water partition coefficient (Wildman–Crippen LogP) is 0.886. The van der Waals surface area contributed by atoms with Crippen LogP contribution in [-0.2, 0) is 0 Å². The van der Waals surface area contributed by atoms with Gasteiger partial charge >= 0.3 is 0 Å². The van der Waals surface area contributed by atoms with E-state index in [0.29, 0.717) is 18.8 Å². The summed E-state index contributed by atoms with van der Waals surface area (Å²) in [6.45, 7) is 0.402. The standard InChI is InChI=1S/C15H20O4S/c16-7-2-1-4-13-5-3-6-15(10-13)19-8-9-20-12-14(18)11-17/h3,5-6,10,14,16-18H,2,7-9,11-12H2. The highest BCUT2D eigenvalue weighted by atomic mass is 32.2. The number of aliphatic hydroxyl groups is 3. The van der Waals surface area contributed by atoms with E-state index < -0.39 is 6.10 Å². The summed E-state index contributed by atoms with van der Waals surface area (Å²) in [5.41, 5.74) is 0.860. The lowest BCUT2D eigenvalue weighted by molar-refractivity contribution is 0.113. The first kappa shape index (κ1) is 16.9. The zero-order chi connectivity index (χ0) is 14.6. The van der Waals surface area contributed by atoms with E-state index in [1.54, 1.807) is 0 Å². The van der Waals surface area contributed by atoms with Gasteiger partial charge in [-0.15, -0.1) is 0 Å². The topological polar surface area (TPSA) is 69.9 Å². The second kappa shape index (κ2) is 10.6. The third-order valence-electron chi connectivity index (χ3n) is 2.32. The highest BCUT2D eigenvalue weighted by molar-refractivity contribution is 7.99. The van der Waals surface area contributed by atoms with Crippen molar-refractivity contribution in [3.8, 4) is 17.6 Å². The number of benzene rings is 1. The van der Waals surface area contributed by atoms with Gasteiger partial charge in [-0.25, -0.2) is 0 Å². The Hall–Kier alpha value is -1.19. The van der Waals surface area contributed by atoms with Crippen LogP contribution in [0, 0.1) is 11.8 Å². The molecular weight excluding hydrogens is 276 g/mol. The van der Waals surface area contributed by atoms with Crippen molar-refractivity contribution in [2.45, 2.75) is 12.5 Å². The van der Waals surface area contributed by atoms with Crippen LogP contribution in [0.4, 0.5) is 0 Å². The van der Waals surface area contributed by atoms with E-state index in [9.17, 15) is 0 Å². The summed E-state index contributed by atoms with van der Waals surface area (Å²) >= 11 is 1.54. The average molecular weight is 296 g/mol. The van der Waals surface area contributed by atoms with Crippen molar-refractivity contribution >= 4 is 11.8 Å². The molecule has 0 amide bonds. The minimum absolute atomic E-state index is 0.0695. The van der Waals surface area contributed by atoms with Gasteiger partial charge in [0, 0.05) is 23.5 Å². The van der Waals surface area contributed by atoms with Gasteiger partial charge in [0.1, 0.15) is 5.75 Å². The smallest absolute Gasteiger partial charge is 0.120 e. The zero-order valence-electron chi connectivity index (χ0n) is 11.3. The summed E-state index contributed by atoms with van der Waals surface area (Å²) in [5.74, 6) is 7.82. The molecule has 5 heteroatoms. The molecule has 0 spiro atoms. The first-order valence-corrected chi connectivity index (χ1v) is 7.61. The Kier molecular flexibility index (Phi) is 8.92. The molecule has 0 bridgehead atoms. The number of hydrogen-bond acceptors (Lipinski definition) is 5. The van der Waals surface area contributed by atoms with Crippen molar-refractivity contribution in [2.24, 2.45) is 0 Å². The van der Waals surface area contributed by atoms with Gasteiger partial charge in [0.15, 0.2) is 0 Å². The molecule has 3 N–H and O–H groups in total. The van der Waals surface area contributed by atoms with Crippen LogP contribution in [0.15, 0.2) is 24.3 Å². The van der Waals surface area contributed by atoms with Gasteiger partial charge in [-0.2, -0.15) is 11.8 Å². The molecule has 1 aromatic rings. The quantitative estimate of drug-likeness (QED) is 0.491. The molecule has 4 nitrogen and oxygen atoms in total. The molecule has 1 unspecified atom stereocenters. The number of rotatable bonds is 8. The van der Waals surface area contributed by atoms with Crippen LogP contribution >= 0.6 is 11.8 Å². The fourth-order valence-electron chi connectivity index (χ4n) is 1.37. The van der Waals surface area contributed by atoms with Gasteiger partial charge in [0.05, 0.1) is 25.9 Å². The molecule has 1 aromatic carbocycles. The second-order valence-corrected chi connectivity index (χ2v) is 5.21. The summed E-state index contributed by atoms with van der Waals surface area (Å²) in [6.07, 6.45) is -0.195. The van der Waals surface area contributed by atoms with E-state index in [0.717, 1.165) is 17.1 Å². The summed E-state index contributed by atoms with van der Waals surface area (Å²) in [5, 5.41) is 26.5. The van der Waals surface area contributed by atoms with Gasteiger partial charge in [-0.1, -0.05) is 17.9 Å². The fraction of sp³-hybridized carbons (Fsp3) is 0.467. The van der Waals surface area contributed by atoms with Crippen molar-refractivity contribution in [1.82, 2.24) is 0 Å². The molecule has 0 saturated heterocycles. The molecule has 0 aliphatic carbocycles. The molecule has 0 aliphatic heterocycles. The van der Waals surface area contributed by atoms with Crippen molar-refractivity contribution in [3.63, 3.8) is 0 Å². The van der Waals surface area contributed by atoms with E-state index >= 15 is 0 Å². The maximum Gasteiger partial charge on any atom is 0.120 e. The Morgan fingerprint density at radius 1 is 1.30 bits per heavy atom. The van der Waals surface area contributed by atoms with Crippen molar-refractivity contribution in [2.75, 3.05) is 31.3 Å². The predicted molar refractivity (Wildman–Crippen MR) is 80.9 cm³/mol. The minimum Gasteiger partial charge on any atom is -0.493 e. The van der Waals surface area contributed by atoms with Crippen LogP contribution in [0.3, 0.4) is 0 Å². The monoisotopic (exact) mass is 296 g/mol.